The van der Waals surface area contributed by atoms with Gasteiger partial charge in [0.25, 0.3) is 0 Å². The van der Waals surface area contributed by atoms with E-state index in [2.05, 4.69) is 4.90 Å². The van der Waals surface area contributed by atoms with Crippen LogP contribution in [0, 0.1) is 12.7 Å². The fraction of sp³-hybridized carbons (Fsp3) is 0.562. The molecular formula is C16H23FN2O2. The fourth-order valence-corrected chi connectivity index (χ4v) is 2.84. The lowest BCUT2D eigenvalue weighted by Crippen LogP contribution is -2.59. The molecule has 0 spiro atoms. The van der Waals surface area contributed by atoms with E-state index in [-0.39, 0.29) is 5.82 Å². The number of halogens is 1. The maximum Gasteiger partial charge on any atom is 0.324 e. The highest BCUT2D eigenvalue weighted by Gasteiger charge is 2.40. The number of carbonyl (C=O) groups is 1. The molecule has 0 amide bonds. The van der Waals surface area contributed by atoms with Crippen LogP contribution in [0.4, 0.5) is 4.39 Å². The van der Waals surface area contributed by atoms with E-state index in [0.29, 0.717) is 12.0 Å². The monoisotopic (exact) mass is 294 g/mol. The maximum atomic E-state index is 13.4. The van der Waals surface area contributed by atoms with E-state index in [1.807, 2.05) is 11.9 Å². The van der Waals surface area contributed by atoms with Crippen LogP contribution < -0.4 is 0 Å². The molecule has 1 unspecified atom stereocenters. The summed E-state index contributed by atoms with van der Waals surface area (Å²) in [4.78, 5) is 16.0. The van der Waals surface area contributed by atoms with Gasteiger partial charge in [-0.25, -0.2) is 4.39 Å². The molecule has 0 aliphatic carbocycles. The summed E-state index contributed by atoms with van der Waals surface area (Å²) in [6.45, 7) is 6.67. The minimum absolute atomic E-state index is 0.254. The first-order valence-electron chi connectivity index (χ1n) is 7.25. The first-order valence-corrected chi connectivity index (χ1v) is 7.25. The molecule has 1 aliphatic rings. The van der Waals surface area contributed by atoms with E-state index in [9.17, 15) is 14.3 Å². The standard InChI is InChI=1S/C16H23FN2O2/c1-12-10-13(4-5-14(12)17)11-16(2,15(20)21)19-8-6-18(3)7-9-19/h4-5,10H,6-9,11H2,1-3H3,(H,20,21). The average Bonchev–Trinajstić information content (AvgIpc) is 2.43. The highest BCUT2D eigenvalue weighted by atomic mass is 19.1. The Kier molecular flexibility index (Phi) is 4.64. The van der Waals surface area contributed by atoms with Crippen LogP contribution in [-0.4, -0.2) is 59.6 Å². The maximum absolute atomic E-state index is 13.4. The van der Waals surface area contributed by atoms with Crippen LogP contribution in [0.25, 0.3) is 0 Å². The van der Waals surface area contributed by atoms with Crippen molar-refractivity contribution in [3.8, 4) is 0 Å². The predicted octanol–water partition coefficient (Wildman–Crippen LogP) is 1.77. The molecule has 1 aromatic carbocycles. The quantitative estimate of drug-likeness (QED) is 0.919. The number of carboxylic acid groups (broad SMARTS) is 1. The Bertz CT molecular complexity index is 527. The Labute approximate surface area is 125 Å². The molecule has 1 atom stereocenters. The van der Waals surface area contributed by atoms with E-state index in [1.165, 1.54) is 6.07 Å². The molecule has 1 heterocycles. The summed E-state index contributed by atoms with van der Waals surface area (Å²) in [7, 11) is 2.04. The van der Waals surface area contributed by atoms with Gasteiger partial charge in [0.2, 0.25) is 0 Å². The van der Waals surface area contributed by atoms with Gasteiger partial charge in [-0.2, -0.15) is 0 Å². The van der Waals surface area contributed by atoms with Crippen LogP contribution in [0.1, 0.15) is 18.1 Å². The predicted molar refractivity (Wildman–Crippen MR) is 80.0 cm³/mol. The van der Waals surface area contributed by atoms with E-state index in [0.717, 1.165) is 31.7 Å². The number of nitrogens with zero attached hydrogens (tertiary/aromatic N) is 2. The lowest BCUT2D eigenvalue weighted by molar-refractivity contribution is -0.151. The van der Waals surface area contributed by atoms with Crippen LogP contribution in [0.5, 0.6) is 0 Å². The zero-order valence-corrected chi connectivity index (χ0v) is 12.9. The second-order valence-corrected chi connectivity index (χ2v) is 6.13. The molecule has 5 heteroatoms. The minimum Gasteiger partial charge on any atom is -0.480 e. The van der Waals surface area contributed by atoms with Crippen molar-refractivity contribution >= 4 is 5.97 Å². The number of carboxylic acids is 1. The Morgan fingerprint density at radius 2 is 1.95 bits per heavy atom. The van der Waals surface area contributed by atoms with Crippen molar-refractivity contribution in [1.29, 1.82) is 0 Å². The zero-order chi connectivity index (χ0) is 15.6. The van der Waals surface area contributed by atoms with Crippen LogP contribution in [0.2, 0.25) is 0 Å². The van der Waals surface area contributed by atoms with Crippen molar-refractivity contribution in [3.63, 3.8) is 0 Å². The van der Waals surface area contributed by atoms with Crippen LogP contribution in [0.15, 0.2) is 18.2 Å². The Morgan fingerprint density at radius 1 is 1.33 bits per heavy atom. The molecule has 21 heavy (non-hydrogen) atoms. The molecule has 1 N–H and O–H groups in total. The Balaban J connectivity index is 2.21. The number of rotatable bonds is 4. The number of piperazine rings is 1. The highest BCUT2D eigenvalue weighted by molar-refractivity contribution is 5.78. The van der Waals surface area contributed by atoms with Crippen LogP contribution in [-0.2, 0) is 11.2 Å². The number of hydrogen-bond donors (Lipinski definition) is 1. The second-order valence-electron chi connectivity index (χ2n) is 6.13. The summed E-state index contributed by atoms with van der Waals surface area (Å²) < 4.78 is 13.4. The number of benzene rings is 1. The van der Waals surface area contributed by atoms with Gasteiger partial charge in [-0.1, -0.05) is 12.1 Å². The molecule has 0 bridgehead atoms. The van der Waals surface area contributed by atoms with E-state index in [4.69, 9.17) is 0 Å². The van der Waals surface area contributed by atoms with Gasteiger partial charge in [0.1, 0.15) is 11.4 Å². The van der Waals surface area contributed by atoms with Gasteiger partial charge in [-0.05, 0) is 38.1 Å². The lowest BCUT2D eigenvalue weighted by Gasteiger charge is -2.42. The van der Waals surface area contributed by atoms with E-state index < -0.39 is 11.5 Å². The molecule has 4 nitrogen and oxygen atoms in total. The SMILES string of the molecule is Cc1cc(CC(C)(C(=O)O)N2CCN(C)CC2)ccc1F. The highest BCUT2D eigenvalue weighted by Crippen LogP contribution is 2.24. The molecule has 1 fully saturated rings. The van der Waals surface area contributed by atoms with E-state index >= 15 is 0 Å². The summed E-state index contributed by atoms with van der Waals surface area (Å²) in [5.41, 5.74) is 0.460. The van der Waals surface area contributed by atoms with Crippen LogP contribution >= 0.6 is 0 Å². The molecule has 0 saturated carbocycles. The summed E-state index contributed by atoms with van der Waals surface area (Å²) in [6.07, 6.45) is 0.382. The smallest absolute Gasteiger partial charge is 0.324 e. The summed E-state index contributed by atoms with van der Waals surface area (Å²) >= 11 is 0. The lowest BCUT2D eigenvalue weighted by atomic mass is 9.89. The minimum atomic E-state index is -0.953. The Morgan fingerprint density at radius 3 is 2.48 bits per heavy atom. The van der Waals surface area contributed by atoms with Crippen molar-refractivity contribution in [2.45, 2.75) is 25.8 Å². The van der Waals surface area contributed by atoms with Gasteiger partial charge in [-0.3, -0.25) is 9.69 Å². The third-order valence-corrected chi connectivity index (χ3v) is 4.43. The summed E-state index contributed by atoms with van der Waals surface area (Å²) in [5, 5.41) is 9.71. The number of aryl methyl sites for hydroxylation is 1. The van der Waals surface area contributed by atoms with Crippen molar-refractivity contribution in [2.24, 2.45) is 0 Å². The largest absolute Gasteiger partial charge is 0.480 e. The molecule has 1 saturated heterocycles. The number of hydrogen-bond acceptors (Lipinski definition) is 3. The topological polar surface area (TPSA) is 43.8 Å². The third-order valence-electron chi connectivity index (χ3n) is 4.43. The Hall–Kier alpha value is -1.46. The third kappa shape index (κ3) is 3.41. The number of aliphatic carboxylic acids is 1. The van der Waals surface area contributed by atoms with E-state index in [1.54, 1.807) is 26.0 Å². The summed E-state index contributed by atoms with van der Waals surface area (Å²) in [5.74, 6) is -1.08. The molecule has 1 aromatic rings. The average molecular weight is 294 g/mol. The molecule has 0 radical (unpaired) electrons. The second kappa shape index (κ2) is 6.12. The van der Waals surface area contributed by atoms with Crippen molar-refractivity contribution in [1.82, 2.24) is 9.80 Å². The first kappa shape index (κ1) is 15.9. The van der Waals surface area contributed by atoms with Gasteiger partial charge < -0.3 is 10.0 Å². The number of likely N-dealkylation sites (N-methyl/N-ethyl adjacent to an activating group) is 1. The van der Waals surface area contributed by atoms with Crippen molar-refractivity contribution < 1.29 is 14.3 Å². The molecule has 116 valence electrons. The van der Waals surface area contributed by atoms with Gasteiger partial charge in [0, 0.05) is 32.6 Å². The van der Waals surface area contributed by atoms with Crippen molar-refractivity contribution in [2.75, 3.05) is 33.2 Å². The fourth-order valence-electron chi connectivity index (χ4n) is 2.84. The zero-order valence-electron chi connectivity index (χ0n) is 12.9. The van der Waals surface area contributed by atoms with Gasteiger partial charge in [0.05, 0.1) is 0 Å². The van der Waals surface area contributed by atoms with Crippen molar-refractivity contribution in [3.05, 3.63) is 35.1 Å². The normalized spacial score (nSPS) is 20.2. The molecule has 0 aromatic heterocycles. The summed E-state index contributed by atoms with van der Waals surface area (Å²) in [6, 6.07) is 4.84. The van der Waals surface area contributed by atoms with Gasteiger partial charge in [0.15, 0.2) is 0 Å². The van der Waals surface area contributed by atoms with Gasteiger partial charge >= 0.3 is 5.97 Å². The molecule has 1 aliphatic heterocycles. The molecular weight excluding hydrogens is 271 g/mol. The van der Waals surface area contributed by atoms with Gasteiger partial charge in [-0.15, -0.1) is 0 Å². The first-order chi connectivity index (χ1) is 9.83. The van der Waals surface area contributed by atoms with Crippen LogP contribution in [0.3, 0.4) is 0 Å². The molecule has 2 rings (SSSR count).